The van der Waals surface area contributed by atoms with E-state index in [9.17, 15) is 9.65 Å². The van der Waals surface area contributed by atoms with Gasteiger partial charge in [-0.2, -0.15) is 5.26 Å². The van der Waals surface area contributed by atoms with Gasteiger partial charge in [0, 0.05) is 48.1 Å². The van der Waals surface area contributed by atoms with E-state index in [1.807, 2.05) is 6.07 Å². The molecule has 0 fully saturated rings. The number of hydrogen-bond donors (Lipinski definition) is 1. The Hall–Kier alpha value is -4.19. The SMILES string of the molecule is COc1cc(-c2cnc(NCc3c(F)ccc4c3CCO4)n3cc(C#N)nc23)ccn1. The molecule has 154 valence electrons. The molecule has 0 saturated carbocycles. The van der Waals surface area contributed by atoms with Crippen molar-refractivity contribution in [1.82, 2.24) is 19.4 Å². The van der Waals surface area contributed by atoms with Crippen molar-refractivity contribution in [3.05, 3.63) is 65.5 Å². The molecule has 9 heteroatoms. The summed E-state index contributed by atoms with van der Waals surface area (Å²) in [6.07, 6.45) is 5.56. The Balaban J connectivity index is 1.55. The molecule has 4 aromatic rings. The molecule has 4 heterocycles. The summed E-state index contributed by atoms with van der Waals surface area (Å²) in [6, 6.07) is 8.72. The molecule has 1 aliphatic heterocycles. The molecule has 1 N–H and O–H groups in total. The highest BCUT2D eigenvalue weighted by Crippen LogP contribution is 2.31. The minimum absolute atomic E-state index is 0.225. The molecule has 1 aliphatic rings. The van der Waals surface area contributed by atoms with E-state index in [2.05, 4.69) is 26.3 Å². The van der Waals surface area contributed by atoms with Crippen molar-refractivity contribution < 1.29 is 13.9 Å². The lowest BCUT2D eigenvalue weighted by Crippen LogP contribution is -2.09. The van der Waals surface area contributed by atoms with E-state index in [0.717, 1.165) is 11.1 Å². The molecule has 8 nitrogen and oxygen atoms in total. The summed E-state index contributed by atoms with van der Waals surface area (Å²) in [6.45, 7) is 0.772. The largest absolute Gasteiger partial charge is 0.493 e. The van der Waals surface area contributed by atoms with Crippen LogP contribution in [0, 0.1) is 17.1 Å². The predicted octanol–water partition coefficient (Wildman–Crippen LogP) is 3.36. The van der Waals surface area contributed by atoms with Gasteiger partial charge in [0.05, 0.1) is 19.9 Å². The molecular weight excluding hydrogens is 399 g/mol. The van der Waals surface area contributed by atoms with Gasteiger partial charge in [-0.1, -0.05) is 0 Å². The second kappa shape index (κ2) is 7.57. The van der Waals surface area contributed by atoms with Crippen LogP contribution in [-0.2, 0) is 13.0 Å². The highest BCUT2D eigenvalue weighted by molar-refractivity contribution is 5.78. The number of rotatable bonds is 5. The molecule has 0 radical (unpaired) electrons. The number of ether oxygens (including phenoxy) is 2. The van der Waals surface area contributed by atoms with Gasteiger partial charge in [-0.3, -0.25) is 4.40 Å². The third-order valence-corrected chi connectivity index (χ3v) is 5.22. The minimum atomic E-state index is -0.295. The van der Waals surface area contributed by atoms with Gasteiger partial charge in [0.1, 0.15) is 17.6 Å². The van der Waals surface area contributed by atoms with E-state index in [0.29, 0.717) is 47.4 Å². The summed E-state index contributed by atoms with van der Waals surface area (Å²) in [5.74, 6) is 1.33. The predicted molar refractivity (Wildman–Crippen MR) is 110 cm³/mol. The number of halogens is 1. The van der Waals surface area contributed by atoms with Gasteiger partial charge < -0.3 is 14.8 Å². The lowest BCUT2D eigenvalue weighted by atomic mass is 10.0. The zero-order chi connectivity index (χ0) is 21.4. The number of aromatic nitrogens is 4. The van der Waals surface area contributed by atoms with Crippen molar-refractivity contribution in [2.24, 2.45) is 0 Å². The summed E-state index contributed by atoms with van der Waals surface area (Å²) in [4.78, 5) is 13.1. The van der Waals surface area contributed by atoms with E-state index < -0.39 is 0 Å². The highest BCUT2D eigenvalue weighted by Gasteiger charge is 2.20. The topological polar surface area (TPSA) is 97.4 Å². The standard InChI is InChI=1S/C22H17FN6O2/c1-30-20-8-13(4-6-25-20)16-10-26-22(29-12-14(9-24)28-21(16)29)27-11-17-15-5-7-31-19(15)3-2-18(17)23/h2-4,6,8,10,12H,5,7,11H2,1H3,(H,26,27). The molecule has 0 aliphatic carbocycles. The molecule has 0 spiro atoms. The van der Waals surface area contributed by atoms with Crippen molar-refractivity contribution in [2.75, 3.05) is 19.0 Å². The lowest BCUT2D eigenvalue weighted by Gasteiger charge is -2.13. The molecule has 0 atom stereocenters. The van der Waals surface area contributed by atoms with Crippen molar-refractivity contribution >= 4 is 11.6 Å². The number of nitriles is 1. The van der Waals surface area contributed by atoms with Crippen LogP contribution in [0.3, 0.4) is 0 Å². The number of imidazole rings is 1. The summed E-state index contributed by atoms with van der Waals surface area (Å²) in [5.41, 5.74) is 3.73. The molecule has 5 rings (SSSR count). The molecular formula is C22H17FN6O2. The van der Waals surface area contributed by atoms with E-state index in [-0.39, 0.29) is 18.1 Å². The zero-order valence-corrected chi connectivity index (χ0v) is 16.6. The van der Waals surface area contributed by atoms with Gasteiger partial charge in [0.15, 0.2) is 11.3 Å². The Labute approximate surface area is 176 Å². The van der Waals surface area contributed by atoms with Crippen LogP contribution in [0.4, 0.5) is 10.3 Å². The van der Waals surface area contributed by atoms with Crippen molar-refractivity contribution in [1.29, 1.82) is 5.26 Å². The smallest absolute Gasteiger partial charge is 0.213 e. The lowest BCUT2D eigenvalue weighted by molar-refractivity contribution is 0.356. The third-order valence-electron chi connectivity index (χ3n) is 5.22. The maximum Gasteiger partial charge on any atom is 0.213 e. The van der Waals surface area contributed by atoms with E-state index in [1.54, 1.807) is 42.2 Å². The first-order valence-corrected chi connectivity index (χ1v) is 9.63. The Morgan fingerprint density at radius 3 is 3.06 bits per heavy atom. The summed E-state index contributed by atoms with van der Waals surface area (Å²) in [7, 11) is 1.54. The quantitative estimate of drug-likeness (QED) is 0.533. The van der Waals surface area contributed by atoms with Gasteiger partial charge in [0.2, 0.25) is 11.8 Å². The monoisotopic (exact) mass is 416 g/mol. The first kappa shape index (κ1) is 18.8. The van der Waals surface area contributed by atoms with Crippen LogP contribution in [0.2, 0.25) is 0 Å². The number of nitrogens with zero attached hydrogens (tertiary/aromatic N) is 5. The number of benzene rings is 1. The Kier molecular flexibility index (Phi) is 4.59. The number of anilines is 1. The molecule has 0 unspecified atom stereocenters. The van der Waals surface area contributed by atoms with Crippen LogP contribution in [0.25, 0.3) is 16.8 Å². The second-order valence-corrected chi connectivity index (χ2v) is 6.97. The Morgan fingerprint density at radius 2 is 2.23 bits per heavy atom. The maximum absolute atomic E-state index is 14.5. The average Bonchev–Trinajstić information content (AvgIpc) is 3.45. The number of nitrogens with one attached hydrogen (secondary N) is 1. The number of methoxy groups -OCH3 is 1. The molecule has 3 aromatic heterocycles. The third kappa shape index (κ3) is 3.28. The van der Waals surface area contributed by atoms with E-state index >= 15 is 0 Å². The van der Waals surface area contributed by atoms with Crippen molar-refractivity contribution in [3.8, 4) is 28.8 Å². The van der Waals surface area contributed by atoms with Gasteiger partial charge >= 0.3 is 0 Å². The van der Waals surface area contributed by atoms with Crippen LogP contribution >= 0.6 is 0 Å². The molecule has 0 saturated heterocycles. The number of hydrogen-bond acceptors (Lipinski definition) is 7. The van der Waals surface area contributed by atoms with Gasteiger partial charge in [-0.05, 0) is 23.8 Å². The first-order chi connectivity index (χ1) is 15.2. The van der Waals surface area contributed by atoms with Gasteiger partial charge in [0.25, 0.3) is 0 Å². The molecule has 0 amide bonds. The Bertz CT molecular complexity index is 1340. The fraction of sp³-hybridized carbons (Fsp3) is 0.182. The fourth-order valence-corrected chi connectivity index (χ4v) is 3.73. The van der Waals surface area contributed by atoms with Crippen LogP contribution in [-0.4, -0.2) is 33.1 Å². The summed E-state index contributed by atoms with van der Waals surface area (Å²) < 4.78 is 26.9. The van der Waals surface area contributed by atoms with E-state index in [1.165, 1.54) is 6.07 Å². The summed E-state index contributed by atoms with van der Waals surface area (Å²) in [5, 5.41) is 12.5. The summed E-state index contributed by atoms with van der Waals surface area (Å²) >= 11 is 0. The van der Waals surface area contributed by atoms with E-state index in [4.69, 9.17) is 9.47 Å². The average molecular weight is 416 g/mol. The molecule has 31 heavy (non-hydrogen) atoms. The molecule has 0 bridgehead atoms. The Morgan fingerprint density at radius 1 is 1.32 bits per heavy atom. The van der Waals surface area contributed by atoms with Crippen LogP contribution < -0.4 is 14.8 Å². The highest BCUT2D eigenvalue weighted by atomic mass is 19.1. The normalized spacial score (nSPS) is 12.3. The van der Waals surface area contributed by atoms with Gasteiger partial charge in [-0.15, -0.1) is 0 Å². The van der Waals surface area contributed by atoms with Crippen LogP contribution in [0.5, 0.6) is 11.6 Å². The van der Waals surface area contributed by atoms with Crippen LogP contribution in [0.15, 0.2) is 42.9 Å². The number of pyridine rings is 1. The van der Waals surface area contributed by atoms with Crippen molar-refractivity contribution in [3.63, 3.8) is 0 Å². The zero-order valence-electron chi connectivity index (χ0n) is 16.6. The second-order valence-electron chi connectivity index (χ2n) is 6.97. The first-order valence-electron chi connectivity index (χ1n) is 9.63. The van der Waals surface area contributed by atoms with Crippen molar-refractivity contribution in [2.45, 2.75) is 13.0 Å². The molecule has 1 aromatic carbocycles. The maximum atomic E-state index is 14.5. The fourth-order valence-electron chi connectivity index (χ4n) is 3.73. The minimum Gasteiger partial charge on any atom is -0.493 e. The number of fused-ring (bicyclic) bond motifs is 2. The van der Waals surface area contributed by atoms with Gasteiger partial charge in [-0.25, -0.2) is 19.3 Å². The van der Waals surface area contributed by atoms with Crippen LogP contribution in [0.1, 0.15) is 16.8 Å².